The molecule has 0 aliphatic carbocycles. The van der Waals surface area contributed by atoms with E-state index >= 15 is 0 Å². The average Bonchev–Trinajstić information content (AvgIpc) is 2.61. The van der Waals surface area contributed by atoms with E-state index in [2.05, 4.69) is 10.3 Å². The quantitative estimate of drug-likeness (QED) is 0.709. The van der Waals surface area contributed by atoms with Crippen molar-refractivity contribution < 1.29 is 17.9 Å². The van der Waals surface area contributed by atoms with Gasteiger partial charge in [-0.3, -0.25) is 14.1 Å². The van der Waals surface area contributed by atoms with Crippen LogP contribution < -0.4 is 14.4 Å². The number of carbonyl (C=O) groups is 1. The van der Waals surface area contributed by atoms with Gasteiger partial charge in [-0.2, -0.15) is 0 Å². The van der Waals surface area contributed by atoms with Crippen molar-refractivity contribution in [3.05, 3.63) is 54.4 Å². The summed E-state index contributed by atoms with van der Waals surface area (Å²) in [6, 6.07) is 10.4. The van der Waals surface area contributed by atoms with Crippen molar-refractivity contribution in [1.82, 2.24) is 10.3 Å². The minimum Gasteiger partial charge on any atom is -0.491 e. The van der Waals surface area contributed by atoms with E-state index < -0.39 is 10.0 Å². The first-order chi connectivity index (χ1) is 12.8. The second kappa shape index (κ2) is 9.36. The van der Waals surface area contributed by atoms with Crippen molar-refractivity contribution in [1.29, 1.82) is 0 Å². The molecule has 0 atom stereocenters. The first kappa shape index (κ1) is 20.7. The van der Waals surface area contributed by atoms with E-state index in [1.54, 1.807) is 42.7 Å². The summed E-state index contributed by atoms with van der Waals surface area (Å²) in [5.41, 5.74) is 1.38. The van der Waals surface area contributed by atoms with E-state index in [0.29, 0.717) is 18.0 Å². The molecule has 0 saturated heterocycles. The van der Waals surface area contributed by atoms with Crippen molar-refractivity contribution >= 4 is 21.6 Å². The van der Waals surface area contributed by atoms with Crippen molar-refractivity contribution in [2.75, 3.05) is 17.1 Å². The zero-order valence-corrected chi connectivity index (χ0v) is 16.6. The topological polar surface area (TPSA) is 88.6 Å². The van der Waals surface area contributed by atoms with Gasteiger partial charge in [0.15, 0.2) is 0 Å². The molecule has 0 aliphatic rings. The maximum atomic E-state index is 12.1. The van der Waals surface area contributed by atoms with E-state index in [-0.39, 0.29) is 25.0 Å². The Labute approximate surface area is 160 Å². The average molecular weight is 391 g/mol. The lowest BCUT2D eigenvalue weighted by molar-refractivity contribution is -0.121. The summed E-state index contributed by atoms with van der Waals surface area (Å²) in [6.45, 7) is 4.25. The molecule has 1 heterocycles. The second-order valence-corrected chi connectivity index (χ2v) is 8.29. The minimum absolute atomic E-state index is 0.0328. The van der Waals surface area contributed by atoms with Gasteiger partial charge in [0.05, 0.1) is 18.0 Å². The minimum atomic E-state index is -3.51. The van der Waals surface area contributed by atoms with Gasteiger partial charge in [0, 0.05) is 31.9 Å². The molecule has 7 nitrogen and oxygen atoms in total. The normalized spacial score (nSPS) is 11.3. The molecule has 27 heavy (non-hydrogen) atoms. The number of nitrogens with one attached hydrogen (secondary N) is 1. The van der Waals surface area contributed by atoms with Crippen LogP contribution in [0.5, 0.6) is 5.75 Å². The van der Waals surface area contributed by atoms with Gasteiger partial charge >= 0.3 is 0 Å². The van der Waals surface area contributed by atoms with Crippen molar-refractivity contribution in [2.24, 2.45) is 0 Å². The van der Waals surface area contributed by atoms with Crippen molar-refractivity contribution in [2.45, 2.75) is 32.9 Å². The highest BCUT2D eigenvalue weighted by Gasteiger charge is 2.18. The molecule has 0 bridgehead atoms. The molecule has 0 saturated carbocycles. The van der Waals surface area contributed by atoms with Gasteiger partial charge in [-0.15, -0.1) is 0 Å². The van der Waals surface area contributed by atoms with Gasteiger partial charge in [0.2, 0.25) is 15.9 Å². The van der Waals surface area contributed by atoms with Crippen LogP contribution in [0.2, 0.25) is 0 Å². The molecule has 146 valence electrons. The summed E-state index contributed by atoms with van der Waals surface area (Å²) < 4.78 is 31.1. The van der Waals surface area contributed by atoms with Gasteiger partial charge < -0.3 is 10.1 Å². The smallest absolute Gasteiger partial charge is 0.232 e. The third-order valence-electron chi connectivity index (χ3n) is 3.65. The fourth-order valence-corrected chi connectivity index (χ4v) is 3.37. The van der Waals surface area contributed by atoms with Crippen LogP contribution in [-0.2, 0) is 21.4 Å². The SMILES string of the molecule is CC(C)Oc1ccc(N(CCC(=O)NCc2cccnc2)S(C)(=O)=O)cc1. The summed E-state index contributed by atoms with van der Waals surface area (Å²) >= 11 is 0. The standard InChI is InChI=1S/C19H25N3O4S/c1-15(2)26-18-8-6-17(7-9-18)22(27(3,24)25)12-10-19(23)21-14-16-5-4-11-20-13-16/h4-9,11,13,15H,10,12,14H2,1-3H3,(H,21,23). The molecule has 0 unspecified atom stereocenters. The van der Waals surface area contributed by atoms with Crippen LogP contribution in [0.1, 0.15) is 25.8 Å². The predicted octanol–water partition coefficient (Wildman–Crippen LogP) is 2.34. The highest BCUT2D eigenvalue weighted by atomic mass is 32.2. The fraction of sp³-hybridized carbons (Fsp3) is 0.368. The van der Waals surface area contributed by atoms with Crippen LogP contribution in [0.25, 0.3) is 0 Å². The summed E-state index contributed by atoms with van der Waals surface area (Å²) in [6.07, 6.45) is 4.54. The molecule has 1 aromatic carbocycles. The van der Waals surface area contributed by atoms with Crippen molar-refractivity contribution in [3.8, 4) is 5.75 Å². The third kappa shape index (κ3) is 6.90. The number of sulfonamides is 1. The zero-order valence-electron chi connectivity index (χ0n) is 15.8. The maximum absolute atomic E-state index is 12.1. The molecule has 2 aromatic rings. The Morgan fingerprint density at radius 3 is 2.48 bits per heavy atom. The lowest BCUT2D eigenvalue weighted by Crippen LogP contribution is -2.34. The van der Waals surface area contributed by atoms with Crippen LogP contribution in [0.15, 0.2) is 48.8 Å². The van der Waals surface area contributed by atoms with E-state index in [4.69, 9.17) is 4.74 Å². The Morgan fingerprint density at radius 2 is 1.93 bits per heavy atom. The molecular formula is C19H25N3O4S. The highest BCUT2D eigenvalue weighted by Crippen LogP contribution is 2.22. The summed E-state index contributed by atoms with van der Waals surface area (Å²) in [5, 5.41) is 2.77. The Balaban J connectivity index is 1.97. The largest absolute Gasteiger partial charge is 0.491 e. The predicted molar refractivity (Wildman–Crippen MR) is 105 cm³/mol. The van der Waals surface area contributed by atoms with Gasteiger partial charge in [-0.1, -0.05) is 6.07 Å². The van der Waals surface area contributed by atoms with Crippen LogP contribution >= 0.6 is 0 Å². The number of pyridine rings is 1. The van der Waals surface area contributed by atoms with Gasteiger partial charge in [0.1, 0.15) is 5.75 Å². The van der Waals surface area contributed by atoms with E-state index in [1.165, 1.54) is 4.31 Å². The Kier molecular flexibility index (Phi) is 7.18. The first-order valence-corrected chi connectivity index (χ1v) is 10.5. The Bertz CT molecular complexity index is 837. The molecule has 1 N–H and O–H groups in total. The van der Waals surface area contributed by atoms with E-state index in [1.807, 2.05) is 19.9 Å². The van der Waals surface area contributed by atoms with Crippen molar-refractivity contribution in [3.63, 3.8) is 0 Å². The number of amides is 1. The van der Waals surface area contributed by atoms with Gasteiger partial charge in [-0.05, 0) is 49.7 Å². The lowest BCUT2D eigenvalue weighted by Gasteiger charge is -2.22. The second-order valence-electron chi connectivity index (χ2n) is 6.38. The van der Waals surface area contributed by atoms with E-state index in [9.17, 15) is 13.2 Å². The third-order valence-corrected chi connectivity index (χ3v) is 4.85. The molecule has 0 spiro atoms. The fourth-order valence-electron chi connectivity index (χ4n) is 2.44. The molecule has 2 rings (SSSR count). The number of hydrogen-bond acceptors (Lipinski definition) is 5. The molecule has 0 radical (unpaired) electrons. The number of nitrogens with zero attached hydrogens (tertiary/aromatic N) is 2. The maximum Gasteiger partial charge on any atom is 0.232 e. The summed E-state index contributed by atoms with van der Waals surface area (Å²) in [5.74, 6) is 0.434. The molecule has 1 amide bonds. The number of anilines is 1. The molecule has 8 heteroatoms. The van der Waals surface area contributed by atoms with Crippen LogP contribution in [0.3, 0.4) is 0 Å². The highest BCUT2D eigenvalue weighted by molar-refractivity contribution is 7.92. The van der Waals surface area contributed by atoms with Crippen LogP contribution in [0, 0.1) is 0 Å². The number of rotatable bonds is 9. The number of hydrogen-bond donors (Lipinski definition) is 1. The lowest BCUT2D eigenvalue weighted by atomic mass is 10.2. The first-order valence-electron chi connectivity index (χ1n) is 8.66. The molecule has 0 aliphatic heterocycles. The Hall–Kier alpha value is -2.61. The number of benzene rings is 1. The molecular weight excluding hydrogens is 366 g/mol. The number of ether oxygens (including phenoxy) is 1. The van der Waals surface area contributed by atoms with Gasteiger partial charge in [-0.25, -0.2) is 8.42 Å². The Morgan fingerprint density at radius 1 is 1.22 bits per heavy atom. The van der Waals surface area contributed by atoms with Crippen LogP contribution in [-0.4, -0.2) is 38.2 Å². The number of carbonyl (C=O) groups excluding carboxylic acids is 1. The summed E-state index contributed by atoms with van der Waals surface area (Å²) in [4.78, 5) is 16.1. The van der Waals surface area contributed by atoms with E-state index in [0.717, 1.165) is 11.8 Å². The summed E-state index contributed by atoms with van der Waals surface area (Å²) in [7, 11) is -3.51. The number of aromatic nitrogens is 1. The van der Waals surface area contributed by atoms with Gasteiger partial charge in [0.25, 0.3) is 0 Å². The monoisotopic (exact) mass is 391 g/mol. The van der Waals surface area contributed by atoms with Crippen LogP contribution in [0.4, 0.5) is 5.69 Å². The molecule has 1 aromatic heterocycles. The zero-order chi connectivity index (χ0) is 19.9. The molecule has 0 fully saturated rings.